The zero-order valence-corrected chi connectivity index (χ0v) is 11.1. The fraction of sp³-hybridized carbons (Fsp3) is 0.500. The highest BCUT2D eigenvalue weighted by Gasteiger charge is 2.34. The summed E-state index contributed by atoms with van der Waals surface area (Å²) < 4.78 is 24.2. The second-order valence-electron chi connectivity index (χ2n) is 4.28. The van der Waals surface area contributed by atoms with Gasteiger partial charge in [0.05, 0.1) is 16.4 Å². The van der Waals surface area contributed by atoms with Crippen LogP contribution in [0.1, 0.15) is 0 Å². The van der Waals surface area contributed by atoms with Gasteiger partial charge in [0, 0.05) is 33.4 Å². The van der Waals surface area contributed by atoms with E-state index < -0.39 is 5.82 Å². The molecule has 2 unspecified atom stereocenters. The number of anilines is 2. The Morgan fingerprint density at radius 2 is 1.83 bits per heavy atom. The fourth-order valence-electron chi connectivity index (χ4n) is 2.22. The highest BCUT2D eigenvalue weighted by atomic mass is 35.5. The molecule has 0 bridgehead atoms. The third kappa shape index (κ3) is 2.39. The highest BCUT2D eigenvalue weighted by Crippen LogP contribution is 2.32. The standard InChI is InChI=1S/C12H16ClFN2O2/c1-17-11-5-16(6-12(11)18-2)10-4-8(14)7(13)3-9(10)15/h3-4,11-12H,5-6,15H2,1-2H3. The Morgan fingerprint density at radius 1 is 1.28 bits per heavy atom. The summed E-state index contributed by atoms with van der Waals surface area (Å²) in [6, 6.07) is 2.77. The number of halogens is 2. The van der Waals surface area contributed by atoms with E-state index in [2.05, 4.69) is 0 Å². The fourth-order valence-corrected chi connectivity index (χ4v) is 2.39. The highest BCUT2D eigenvalue weighted by molar-refractivity contribution is 6.31. The van der Waals surface area contributed by atoms with Crippen LogP contribution in [0.2, 0.25) is 5.02 Å². The molecule has 18 heavy (non-hydrogen) atoms. The van der Waals surface area contributed by atoms with Crippen molar-refractivity contribution in [1.29, 1.82) is 0 Å². The average Bonchev–Trinajstić information content (AvgIpc) is 2.76. The van der Waals surface area contributed by atoms with Crippen LogP contribution in [0.5, 0.6) is 0 Å². The molecule has 1 fully saturated rings. The van der Waals surface area contributed by atoms with Crippen LogP contribution in [0.25, 0.3) is 0 Å². The molecule has 2 N–H and O–H groups in total. The molecule has 0 aliphatic carbocycles. The first kappa shape index (κ1) is 13.4. The summed E-state index contributed by atoms with van der Waals surface area (Å²) in [5, 5.41) is 0.0297. The maximum absolute atomic E-state index is 13.5. The van der Waals surface area contributed by atoms with E-state index >= 15 is 0 Å². The van der Waals surface area contributed by atoms with E-state index in [-0.39, 0.29) is 17.2 Å². The number of rotatable bonds is 3. The lowest BCUT2D eigenvalue weighted by Crippen LogP contribution is -2.27. The molecule has 1 heterocycles. The zero-order valence-electron chi connectivity index (χ0n) is 10.3. The third-order valence-electron chi connectivity index (χ3n) is 3.23. The van der Waals surface area contributed by atoms with Crippen LogP contribution < -0.4 is 10.6 Å². The summed E-state index contributed by atoms with van der Waals surface area (Å²) in [7, 11) is 3.26. The average molecular weight is 275 g/mol. The van der Waals surface area contributed by atoms with Gasteiger partial charge >= 0.3 is 0 Å². The molecule has 1 aliphatic rings. The van der Waals surface area contributed by atoms with E-state index in [1.807, 2.05) is 4.90 Å². The van der Waals surface area contributed by atoms with Crippen molar-refractivity contribution >= 4 is 23.0 Å². The van der Waals surface area contributed by atoms with Crippen LogP contribution in [0.15, 0.2) is 12.1 Å². The normalized spacial score (nSPS) is 23.7. The molecule has 1 saturated heterocycles. The van der Waals surface area contributed by atoms with Crippen LogP contribution in [0, 0.1) is 5.82 Å². The van der Waals surface area contributed by atoms with E-state index in [0.717, 1.165) is 0 Å². The molecule has 0 saturated carbocycles. The van der Waals surface area contributed by atoms with Gasteiger partial charge in [0.1, 0.15) is 18.0 Å². The molecule has 100 valence electrons. The van der Waals surface area contributed by atoms with Gasteiger partial charge in [-0.15, -0.1) is 0 Å². The maximum atomic E-state index is 13.5. The second-order valence-corrected chi connectivity index (χ2v) is 4.69. The SMILES string of the molecule is COC1CN(c2cc(F)c(Cl)cc2N)CC1OC. The summed E-state index contributed by atoms with van der Waals surface area (Å²) in [5.74, 6) is -0.476. The van der Waals surface area contributed by atoms with Crippen molar-refractivity contribution in [2.24, 2.45) is 0 Å². The van der Waals surface area contributed by atoms with Gasteiger partial charge in [-0.1, -0.05) is 11.6 Å². The van der Waals surface area contributed by atoms with Crippen molar-refractivity contribution in [3.8, 4) is 0 Å². The Balaban J connectivity index is 2.25. The van der Waals surface area contributed by atoms with Crippen molar-refractivity contribution in [1.82, 2.24) is 0 Å². The summed E-state index contributed by atoms with van der Waals surface area (Å²) in [4.78, 5) is 1.94. The number of nitrogens with two attached hydrogens (primary N) is 1. The van der Waals surface area contributed by atoms with Gasteiger partial charge in [0.25, 0.3) is 0 Å². The van der Waals surface area contributed by atoms with E-state index in [1.165, 1.54) is 12.1 Å². The van der Waals surface area contributed by atoms with Crippen LogP contribution in [0.4, 0.5) is 15.8 Å². The molecular weight excluding hydrogens is 259 g/mol. The van der Waals surface area contributed by atoms with Crippen LogP contribution in [-0.4, -0.2) is 39.5 Å². The van der Waals surface area contributed by atoms with Crippen molar-refractivity contribution < 1.29 is 13.9 Å². The second kappa shape index (κ2) is 5.30. The summed E-state index contributed by atoms with van der Waals surface area (Å²) in [6.07, 6.45) is -0.0960. The molecule has 1 aromatic rings. The Kier molecular flexibility index (Phi) is 3.94. The lowest BCUT2D eigenvalue weighted by atomic mass is 10.2. The Morgan fingerprint density at radius 3 is 2.33 bits per heavy atom. The van der Waals surface area contributed by atoms with Gasteiger partial charge in [-0.05, 0) is 6.07 Å². The predicted molar refractivity (Wildman–Crippen MR) is 69.6 cm³/mol. The topological polar surface area (TPSA) is 47.7 Å². The summed E-state index contributed by atoms with van der Waals surface area (Å²) in [6.45, 7) is 1.22. The number of methoxy groups -OCH3 is 2. The Hall–Kier alpha value is -1.04. The lowest BCUT2D eigenvalue weighted by Gasteiger charge is -2.20. The number of benzene rings is 1. The molecular formula is C12H16ClFN2O2. The third-order valence-corrected chi connectivity index (χ3v) is 3.52. The quantitative estimate of drug-likeness (QED) is 0.856. The molecule has 2 atom stereocenters. The predicted octanol–water partition coefficient (Wildman–Crippen LogP) is 1.91. The molecule has 1 aliphatic heterocycles. The summed E-state index contributed by atoms with van der Waals surface area (Å²) >= 11 is 5.68. The number of ether oxygens (including phenoxy) is 2. The number of nitrogens with zero attached hydrogens (tertiary/aromatic N) is 1. The Bertz CT molecular complexity index is 432. The Labute approximate surface area is 110 Å². The summed E-state index contributed by atoms with van der Waals surface area (Å²) in [5.41, 5.74) is 6.94. The first-order valence-electron chi connectivity index (χ1n) is 5.62. The molecule has 0 radical (unpaired) electrons. The first-order valence-corrected chi connectivity index (χ1v) is 5.99. The first-order chi connectivity index (χ1) is 8.56. The van der Waals surface area contributed by atoms with Crippen LogP contribution in [-0.2, 0) is 9.47 Å². The minimum absolute atomic E-state index is 0.0297. The van der Waals surface area contributed by atoms with Gasteiger partial charge in [0.15, 0.2) is 0 Å². The van der Waals surface area contributed by atoms with E-state index in [0.29, 0.717) is 24.5 Å². The van der Waals surface area contributed by atoms with Gasteiger partial charge in [-0.2, -0.15) is 0 Å². The number of nitrogen functional groups attached to an aromatic ring is 1. The van der Waals surface area contributed by atoms with Gasteiger partial charge in [-0.25, -0.2) is 4.39 Å². The minimum atomic E-state index is -0.476. The van der Waals surface area contributed by atoms with E-state index in [9.17, 15) is 4.39 Å². The van der Waals surface area contributed by atoms with E-state index in [4.69, 9.17) is 26.8 Å². The zero-order chi connectivity index (χ0) is 13.3. The van der Waals surface area contributed by atoms with Crippen molar-refractivity contribution in [2.75, 3.05) is 37.9 Å². The van der Waals surface area contributed by atoms with Gasteiger partial charge in [0.2, 0.25) is 0 Å². The van der Waals surface area contributed by atoms with Crippen molar-refractivity contribution in [3.05, 3.63) is 23.0 Å². The van der Waals surface area contributed by atoms with Crippen LogP contribution in [0.3, 0.4) is 0 Å². The van der Waals surface area contributed by atoms with Gasteiger partial charge < -0.3 is 20.1 Å². The minimum Gasteiger partial charge on any atom is -0.397 e. The number of hydrogen-bond acceptors (Lipinski definition) is 4. The molecule has 0 amide bonds. The smallest absolute Gasteiger partial charge is 0.144 e. The molecule has 1 aromatic carbocycles. The van der Waals surface area contributed by atoms with Crippen molar-refractivity contribution in [2.45, 2.75) is 12.2 Å². The van der Waals surface area contributed by atoms with Crippen LogP contribution >= 0.6 is 11.6 Å². The molecule has 4 nitrogen and oxygen atoms in total. The lowest BCUT2D eigenvalue weighted by molar-refractivity contribution is -0.00461. The monoisotopic (exact) mass is 274 g/mol. The number of hydrogen-bond donors (Lipinski definition) is 1. The molecule has 2 rings (SSSR count). The molecule has 0 spiro atoms. The maximum Gasteiger partial charge on any atom is 0.144 e. The van der Waals surface area contributed by atoms with E-state index in [1.54, 1.807) is 14.2 Å². The van der Waals surface area contributed by atoms with Crippen molar-refractivity contribution in [3.63, 3.8) is 0 Å². The van der Waals surface area contributed by atoms with Gasteiger partial charge in [-0.3, -0.25) is 0 Å². The molecule has 6 heteroatoms. The molecule has 0 aromatic heterocycles. The largest absolute Gasteiger partial charge is 0.397 e.